The van der Waals surface area contributed by atoms with Crippen LogP contribution in [0.5, 0.6) is 5.75 Å². The van der Waals surface area contributed by atoms with E-state index in [1.807, 2.05) is 31.2 Å². The number of aromatic nitrogens is 4. The lowest BCUT2D eigenvalue weighted by atomic mass is 10.00. The molecule has 224 valence electrons. The normalized spacial score (nSPS) is 14.3. The van der Waals surface area contributed by atoms with E-state index in [-0.39, 0.29) is 0 Å². The van der Waals surface area contributed by atoms with E-state index in [4.69, 9.17) is 20.2 Å². The molecule has 43 heavy (non-hydrogen) atoms. The van der Waals surface area contributed by atoms with Crippen LogP contribution >= 0.6 is 23.9 Å². The lowest BCUT2D eigenvalue weighted by Gasteiger charge is -2.31. The molecule has 1 aliphatic heterocycles. The summed E-state index contributed by atoms with van der Waals surface area (Å²) in [6.45, 7) is 9.09. The van der Waals surface area contributed by atoms with Gasteiger partial charge in [0.25, 0.3) is 0 Å². The van der Waals surface area contributed by atoms with Gasteiger partial charge in [-0.2, -0.15) is 4.98 Å². The minimum Gasteiger partial charge on any atom is -0.494 e. The van der Waals surface area contributed by atoms with Crippen LogP contribution in [0.1, 0.15) is 12.5 Å². The summed E-state index contributed by atoms with van der Waals surface area (Å²) in [5.74, 6) is 1.65. The van der Waals surface area contributed by atoms with Crippen molar-refractivity contribution in [2.24, 2.45) is 10.7 Å². The quantitative estimate of drug-likeness (QED) is 0.160. The molecule has 0 radical (unpaired) electrons. The number of aliphatic imine (C=N–C) groups is 1. The highest BCUT2D eigenvalue weighted by Gasteiger charge is 2.22. The van der Waals surface area contributed by atoms with E-state index in [0.29, 0.717) is 42.1 Å². The molecule has 1 fully saturated rings. The zero-order valence-corrected chi connectivity index (χ0v) is 27.3. The molecule has 3 heterocycles. The molecule has 0 unspecified atom stereocenters. The molecule has 11 nitrogen and oxygen atoms in total. The molecule has 2 aromatic heterocycles. The number of morpholine rings is 1. The number of hydrogen-bond acceptors (Lipinski definition) is 11. The number of methoxy groups -OCH3 is 1. The highest BCUT2D eigenvalue weighted by atomic mass is 79.9. The predicted molar refractivity (Wildman–Crippen MR) is 181 cm³/mol. The summed E-state index contributed by atoms with van der Waals surface area (Å²) in [4.78, 5) is 25.0. The van der Waals surface area contributed by atoms with E-state index in [2.05, 4.69) is 64.7 Å². The molecule has 0 spiro atoms. The molecule has 0 amide bonds. The molecule has 1 saturated heterocycles. The Kier molecular flexibility index (Phi) is 9.69. The second-order valence-electron chi connectivity index (χ2n) is 10.1. The van der Waals surface area contributed by atoms with Gasteiger partial charge >= 0.3 is 0 Å². The fourth-order valence-corrected chi connectivity index (χ4v) is 6.47. The number of rotatable bonds is 9. The van der Waals surface area contributed by atoms with Gasteiger partial charge in [-0.3, -0.25) is 15.0 Å². The summed E-state index contributed by atoms with van der Waals surface area (Å²) in [5.41, 5.74) is 13.1. The van der Waals surface area contributed by atoms with Crippen LogP contribution in [0.3, 0.4) is 0 Å². The summed E-state index contributed by atoms with van der Waals surface area (Å²) < 4.78 is 12.2. The minimum absolute atomic E-state index is 0.394. The standard InChI is InChI=1S/C30H35BrN9O2P/c1-18(32)20(16-33-2)19-14-24(26(41-3)15-25(19)40-10-12-42-13-11-40)38-30-36-17-21(31)29(39-30)37-23-7-6-22-27(28(23)43(4)5)35-9-8-34-22/h6-9,14-17H,10-13,32H2,1-5H3,(H2,36,37,38,39). The Balaban J connectivity index is 1.55. The first-order valence-electron chi connectivity index (χ1n) is 13.7. The average molecular weight is 665 g/mol. The van der Waals surface area contributed by atoms with Gasteiger partial charge in [0.15, 0.2) is 0 Å². The number of nitrogens with two attached hydrogens (primary N) is 1. The van der Waals surface area contributed by atoms with Gasteiger partial charge in [-0.05, 0) is 54.4 Å². The molecule has 5 rings (SSSR count). The van der Waals surface area contributed by atoms with Gasteiger partial charge in [-0.15, -0.1) is 0 Å². The second-order valence-corrected chi connectivity index (χ2v) is 13.2. The lowest BCUT2D eigenvalue weighted by molar-refractivity contribution is 0.122. The van der Waals surface area contributed by atoms with Gasteiger partial charge in [0.05, 0.1) is 41.5 Å². The van der Waals surface area contributed by atoms with Gasteiger partial charge in [-0.1, -0.05) is 7.92 Å². The highest BCUT2D eigenvalue weighted by molar-refractivity contribution is 9.10. The molecular weight excluding hydrogens is 629 g/mol. The van der Waals surface area contributed by atoms with Gasteiger partial charge in [0.1, 0.15) is 11.6 Å². The van der Waals surface area contributed by atoms with Crippen LogP contribution in [-0.2, 0) is 4.74 Å². The van der Waals surface area contributed by atoms with E-state index >= 15 is 0 Å². The summed E-state index contributed by atoms with van der Waals surface area (Å²) in [6, 6.07) is 8.01. The first-order chi connectivity index (χ1) is 20.8. The smallest absolute Gasteiger partial charge is 0.229 e. The summed E-state index contributed by atoms with van der Waals surface area (Å²) >= 11 is 3.62. The number of allylic oxidation sites excluding steroid dienone is 2. The van der Waals surface area contributed by atoms with Crippen molar-refractivity contribution < 1.29 is 9.47 Å². The molecular formula is C30H35BrN9O2P. The Morgan fingerprint density at radius 3 is 2.58 bits per heavy atom. The number of benzene rings is 2. The van der Waals surface area contributed by atoms with Crippen molar-refractivity contribution in [2.75, 3.05) is 69.3 Å². The van der Waals surface area contributed by atoms with Crippen LogP contribution in [-0.4, -0.2) is 79.9 Å². The predicted octanol–water partition coefficient (Wildman–Crippen LogP) is 5.27. The van der Waals surface area contributed by atoms with E-state index in [9.17, 15) is 0 Å². The molecule has 4 aromatic rings. The summed E-state index contributed by atoms with van der Waals surface area (Å²) in [7, 11) is 2.89. The Bertz CT molecular complexity index is 1690. The average Bonchev–Trinajstić information content (AvgIpc) is 3.01. The third-order valence-corrected chi connectivity index (χ3v) is 8.87. The molecule has 2 aromatic carbocycles. The van der Waals surface area contributed by atoms with Gasteiger partial charge in [0, 0.05) is 84.5 Å². The molecule has 0 bridgehead atoms. The maximum Gasteiger partial charge on any atom is 0.229 e. The number of hydrogen-bond donors (Lipinski definition) is 3. The highest BCUT2D eigenvalue weighted by Crippen LogP contribution is 2.39. The number of anilines is 5. The number of fused-ring (bicyclic) bond motifs is 1. The molecule has 4 N–H and O–H groups in total. The van der Waals surface area contributed by atoms with Gasteiger partial charge in [-0.25, -0.2) is 4.98 Å². The minimum atomic E-state index is -0.497. The van der Waals surface area contributed by atoms with E-state index in [1.165, 1.54) is 0 Å². The Hall–Kier alpha value is -3.86. The van der Waals surface area contributed by atoms with Crippen molar-refractivity contribution in [1.29, 1.82) is 0 Å². The molecule has 13 heteroatoms. The van der Waals surface area contributed by atoms with Crippen molar-refractivity contribution in [3.05, 3.63) is 58.6 Å². The van der Waals surface area contributed by atoms with E-state index in [1.54, 1.807) is 39.0 Å². The van der Waals surface area contributed by atoms with Crippen molar-refractivity contribution in [3.63, 3.8) is 0 Å². The topological polar surface area (TPSA) is 136 Å². The monoisotopic (exact) mass is 663 g/mol. The molecule has 1 aliphatic rings. The maximum absolute atomic E-state index is 6.35. The largest absolute Gasteiger partial charge is 0.494 e. The second kappa shape index (κ2) is 13.6. The van der Waals surface area contributed by atoms with Gasteiger partial charge < -0.3 is 30.7 Å². The Morgan fingerprint density at radius 1 is 1.12 bits per heavy atom. The number of nitrogens with zero attached hydrogens (tertiary/aromatic N) is 6. The number of halogens is 1. The van der Waals surface area contributed by atoms with Crippen molar-refractivity contribution in [2.45, 2.75) is 6.92 Å². The molecule has 0 atom stereocenters. The van der Waals surface area contributed by atoms with E-state index < -0.39 is 7.92 Å². The van der Waals surface area contributed by atoms with Crippen LogP contribution in [0.4, 0.5) is 28.8 Å². The Labute approximate surface area is 260 Å². The fourth-order valence-electron chi connectivity index (χ4n) is 4.97. The fraction of sp³-hybridized carbons (Fsp3) is 0.300. The summed E-state index contributed by atoms with van der Waals surface area (Å²) in [6.07, 6.45) is 6.93. The van der Waals surface area contributed by atoms with Crippen LogP contribution in [0, 0.1) is 0 Å². The van der Waals surface area contributed by atoms with Crippen molar-refractivity contribution >= 4 is 80.8 Å². The first kappa shape index (κ1) is 30.6. The maximum atomic E-state index is 6.35. The molecule has 0 saturated carbocycles. The third kappa shape index (κ3) is 6.71. The number of nitrogens with one attached hydrogen (secondary N) is 2. The first-order valence-corrected chi connectivity index (χ1v) is 16.7. The summed E-state index contributed by atoms with van der Waals surface area (Å²) in [5, 5.41) is 8.00. The lowest BCUT2D eigenvalue weighted by Crippen LogP contribution is -2.36. The van der Waals surface area contributed by atoms with Crippen LogP contribution < -0.4 is 31.3 Å². The van der Waals surface area contributed by atoms with Crippen LogP contribution in [0.2, 0.25) is 0 Å². The third-order valence-electron chi connectivity index (χ3n) is 6.95. The SMILES string of the molecule is CN=CC(=C(C)N)c1cc(Nc2ncc(Br)c(Nc3ccc4nccnc4c3P(C)C)n2)c(OC)cc1N1CCOCC1. The van der Waals surface area contributed by atoms with Crippen LogP contribution in [0.15, 0.2) is 58.0 Å². The Morgan fingerprint density at radius 2 is 1.88 bits per heavy atom. The van der Waals surface area contributed by atoms with Crippen molar-refractivity contribution in [1.82, 2.24) is 19.9 Å². The number of ether oxygens (including phenoxy) is 2. The van der Waals surface area contributed by atoms with Crippen LogP contribution in [0.25, 0.3) is 16.6 Å². The zero-order chi connectivity index (χ0) is 30.5. The zero-order valence-electron chi connectivity index (χ0n) is 24.8. The van der Waals surface area contributed by atoms with Crippen molar-refractivity contribution in [3.8, 4) is 5.75 Å². The van der Waals surface area contributed by atoms with E-state index in [0.717, 1.165) is 56.4 Å². The molecule has 0 aliphatic carbocycles. The van der Waals surface area contributed by atoms with Gasteiger partial charge in [0.2, 0.25) is 5.95 Å².